The summed E-state index contributed by atoms with van der Waals surface area (Å²) in [6.45, 7) is 6.95. The SMILES string of the molecule is C/C=C\C(CCCCNC)ON=C(C)C.[HH]. The van der Waals surface area contributed by atoms with E-state index in [0.717, 1.165) is 25.1 Å². The molecule has 0 rings (SSSR count). The molecular formula is C12H26N2O. The van der Waals surface area contributed by atoms with Gasteiger partial charge in [0.1, 0.15) is 6.10 Å². The van der Waals surface area contributed by atoms with Gasteiger partial charge in [0.15, 0.2) is 0 Å². The van der Waals surface area contributed by atoms with E-state index in [1.165, 1.54) is 6.42 Å². The van der Waals surface area contributed by atoms with Gasteiger partial charge in [-0.2, -0.15) is 0 Å². The van der Waals surface area contributed by atoms with E-state index in [1.54, 1.807) is 0 Å². The Kier molecular flexibility index (Phi) is 9.18. The number of hydrogen-bond donors (Lipinski definition) is 1. The second-order valence-corrected chi connectivity index (χ2v) is 3.81. The van der Waals surface area contributed by atoms with Crippen LogP contribution in [0.5, 0.6) is 0 Å². The van der Waals surface area contributed by atoms with Crippen molar-refractivity contribution in [3.8, 4) is 0 Å². The summed E-state index contributed by atoms with van der Waals surface area (Å²) in [6, 6.07) is 0. The average Bonchev–Trinajstić information content (AvgIpc) is 2.20. The molecule has 0 heterocycles. The number of oxime groups is 1. The van der Waals surface area contributed by atoms with Crippen molar-refractivity contribution >= 4 is 5.71 Å². The van der Waals surface area contributed by atoms with Crippen LogP contribution < -0.4 is 5.32 Å². The van der Waals surface area contributed by atoms with E-state index in [1.807, 2.05) is 33.9 Å². The Labute approximate surface area is 95.1 Å². The van der Waals surface area contributed by atoms with E-state index < -0.39 is 0 Å². The lowest BCUT2D eigenvalue weighted by atomic mass is 10.1. The maximum atomic E-state index is 5.40. The van der Waals surface area contributed by atoms with Crippen molar-refractivity contribution in [1.82, 2.24) is 5.32 Å². The summed E-state index contributed by atoms with van der Waals surface area (Å²) in [5.41, 5.74) is 0.958. The Morgan fingerprint density at radius 3 is 2.73 bits per heavy atom. The first-order valence-electron chi connectivity index (χ1n) is 5.65. The van der Waals surface area contributed by atoms with Gasteiger partial charge in [-0.15, -0.1) is 0 Å². The van der Waals surface area contributed by atoms with Crippen LogP contribution in [0.3, 0.4) is 0 Å². The van der Waals surface area contributed by atoms with Crippen molar-refractivity contribution in [3.05, 3.63) is 12.2 Å². The molecule has 1 N–H and O–H groups in total. The number of nitrogens with zero attached hydrogens (tertiary/aromatic N) is 1. The van der Waals surface area contributed by atoms with E-state index in [-0.39, 0.29) is 7.53 Å². The number of allylic oxidation sites excluding steroid dienone is 1. The van der Waals surface area contributed by atoms with Crippen LogP contribution in [0, 0.1) is 0 Å². The Hall–Kier alpha value is -0.830. The topological polar surface area (TPSA) is 33.6 Å². The van der Waals surface area contributed by atoms with Gasteiger partial charge in [-0.1, -0.05) is 11.2 Å². The molecule has 0 saturated carbocycles. The Bertz CT molecular complexity index is 201. The molecule has 0 aliphatic rings. The Morgan fingerprint density at radius 1 is 1.47 bits per heavy atom. The van der Waals surface area contributed by atoms with Crippen molar-refractivity contribution < 1.29 is 6.26 Å². The molecular weight excluding hydrogens is 188 g/mol. The van der Waals surface area contributed by atoms with Crippen molar-refractivity contribution in [2.45, 2.75) is 46.1 Å². The third-order valence-electron chi connectivity index (χ3n) is 1.94. The van der Waals surface area contributed by atoms with Gasteiger partial charge in [0.05, 0.1) is 5.71 Å². The smallest absolute Gasteiger partial charge is 0.145 e. The van der Waals surface area contributed by atoms with Crippen LogP contribution >= 0.6 is 0 Å². The van der Waals surface area contributed by atoms with Crippen LogP contribution in [0.4, 0.5) is 0 Å². The van der Waals surface area contributed by atoms with Crippen LogP contribution in [-0.2, 0) is 4.84 Å². The number of unbranched alkanes of at least 4 members (excludes halogenated alkanes) is 1. The fourth-order valence-corrected chi connectivity index (χ4v) is 1.22. The van der Waals surface area contributed by atoms with Gasteiger partial charge >= 0.3 is 0 Å². The molecule has 0 saturated heterocycles. The van der Waals surface area contributed by atoms with Crippen LogP contribution in [0.15, 0.2) is 17.3 Å². The lowest BCUT2D eigenvalue weighted by Crippen LogP contribution is -2.11. The zero-order chi connectivity index (χ0) is 11.5. The first-order chi connectivity index (χ1) is 7.20. The van der Waals surface area contributed by atoms with E-state index in [4.69, 9.17) is 4.84 Å². The second-order valence-electron chi connectivity index (χ2n) is 3.81. The molecule has 0 aromatic rings. The molecule has 1 atom stereocenters. The monoisotopic (exact) mass is 214 g/mol. The summed E-state index contributed by atoms with van der Waals surface area (Å²) in [5, 5.41) is 7.13. The van der Waals surface area contributed by atoms with Gasteiger partial charge < -0.3 is 10.2 Å². The maximum absolute atomic E-state index is 5.40. The van der Waals surface area contributed by atoms with Crippen LogP contribution in [0.1, 0.15) is 41.5 Å². The summed E-state index contributed by atoms with van der Waals surface area (Å²) in [7, 11) is 1.98. The standard InChI is InChI=1S/C12H24N2O.H2/c1-5-8-12(15-14-11(2)3)9-6-7-10-13-4;/h5,8,12-13H,6-7,9-10H2,1-4H3;1H/b8-5-;. The van der Waals surface area contributed by atoms with Gasteiger partial charge in [-0.25, -0.2) is 0 Å². The maximum Gasteiger partial charge on any atom is 0.145 e. The van der Waals surface area contributed by atoms with Crippen molar-refractivity contribution in [2.75, 3.05) is 13.6 Å². The van der Waals surface area contributed by atoms with Crippen molar-refractivity contribution in [3.63, 3.8) is 0 Å². The summed E-state index contributed by atoms with van der Waals surface area (Å²) in [5.74, 6) is 0. The molecule has 0 aliphatic carbocycles. The summed E-state index contributed by atoms with van der Waals surface area (Å²) in [6.07, 6.45) is 7.58. The largest absolute Gasteiger partial charge is 0.388 e. The van der Waals surface area contributed by atoms with Gasteiger partial charge in [-0.05, 0) is 59.7 Å². The minimum absolute atomic E-state index is 0. The minimum Gasteiger partial charge on any atom is -0.388 e. The number of hydrogen-bond acceptors (Lipinski definition) is 3. The summed E-state index contributed by atoms with van der Waals surface area (Å²) in [4.78, 5) is 5.40. The second kappa shape index (κ2) is 9.71. The lowest BCUT2D eigenvalue weighted by molar-refractivity contribution is 0.0842. The van der Waals surface area contributed by atoms with Crippen LogP contribution in [0.25, 0.3) is 0 Å². The molecule has 3 heteroatoms. The fourth-order valence-electron chi connectivity index (χ4n) is 1.22. The lowest BCUT2D eigenvalue weighted by Gasteiger charge is -2.10. The first-order valence-corrected chi connectivity index (χ1v) is 5.65. The normalized spacial score (nSPS) is 12.8. The highest BCUT2D eigenvalue weighted by molar-refractivity contribution is 5.78. The molecule has 1 unspecified atom stereocenters. The van der Waals surface area contributed by atoms with E-state index in [0.29, 0.717) is 0 Å². The molecule has 3 nitrogen and oxygen atoms in total. The molecule has 90 valence electrons. The van der Waals surface area contributed by atoms with E-state index >= 15 is 0 Å². The minimum atomic E-state index is 0. The van der Waals surface area contributed by atoms with Crippen molar-refractivity contribution in [2.24, 2.45) is 5.16 Å². The van der Waals surface area contributed by atoms with E-state index in [2.05, 4.69) is 16.5 Å². The highest BCUT2D eigenvalue weighted by Crippen LogP contribution is 2.07. The molecule has 15 heavy (non-hydrogen) atoms. The molecule has 0 aliphatic heterocycles. The zero-order valence-electron chi connectivity index (χ0n) is 10.4. The van der Waals surface area contributed by atoms with Gasteiger partial charge in [0, 0.05) is 1.43 Å². The quantitative estimate of drug-likeness (QED) is 0.292. The van der Waals surface area contributed by atoms with Gasteiger partial charge in [-0.3, -0.25) is 0 Å². The van der Waals surface area contributed by atoms with Gasteiger partial charge in [0.2, 0.25) is 0 Å². The summed E-state index contributed by atoms with van der Waals surface area (Å²) < 4.78 is 0. The molecule has 0 aromatic carbocycles. The van der Waals surface area contributed by atoms with Crippen LogP contribution in [-0.4, -0.2) is 25.4 Å². The van der Waals surface area contributed by atoms with Crippen LogP contribution in [0.2, 0.25) is 0 Å². The molecule has 0 amide bonds. The van der Waals surface area contributed by atoms with Crippen molar-refractivity contribution in [1.29, 1.82) is 0 Å². The fraction of sp³-hybridized carbons (Fsp3) is 0.750. The highest BCUT2D eigenvalue weighted by Gasteiger charge is 2.04. The number of nitrogens with one attached hydrogen (secondary N) is 1. The number of rotatable bonds is 8. The third-order valence-corrected chi connectivity index (χ3v) is 1.94. The molecule has 0 aromatic heterocycles. The Balaban J connectivity index is 0. The summed E-state index contributed by atoms with van der Waals surface area (Å²) >= 11 is 0. The molecule has 0 bridgehead atoms. The predicted molar refractivity (Wildman–Crippen MR) is 68.4 cm³/mol. The third kappa shape index (κ3) is 9.47. The first kappa shape index (κ1) is 14.2. The van der Waals surface area contributed by atoms with E-state index in [9.17, 15) is 0 Å². The molecule has 0 radical (unpaired) electrons. The predicted octanol–water partition coefficient (Wildman–Crippen LogP) is 2.98. The molecule has 0 spiro atoms. The zero-order valence-corrected chi connectivity index (χ0v) is 10.4. The Morgan fingerprint density at radius 2 is 2.20 bits per heavy atom. The average molecular weight is 214 g/mol. The van der Waals surface area contributed by atoms with Gasteiger partial charge in [0.25, 0.3) is 0 Å². The highest BCUT2D eigenvalue weighted by atomic mass is 16.6. The molecule has 0 fully saturated rings.